The van der Waals surface area contributed by atoms with Gasteiger partial charge in [0.25, 0.3) is 0 Å². The zero-order valence-corrected chi connectivity index (χ0v) is 6.32. The largest absolute Gasteiger partial charge is 0.355 e. The van der Waals surface area contributed by atoms with Crippen molar-refractivity contribution in [2.24, 2.45) is 5.73 Å². The molecule has 0 aliphatic heterocycles. The molecule has 0 spiro atoms. The van der Waals surface area contributed by atoms with Gasteiger partial charge in [-0.3, -0.25) is 4.79 Å². The molecule has 9 heavy (non-hydrogen) atoms. The first-order valence-corrected chi connectivity index (χ1v) is 3.39. The molecule has 54 valence electrons. The van der Waals surface area contributed by atoms with Crippen LogP contribution in [-0.2, 0) is 4.79 Å². The number of carbonyl (C=O) groups is 1. The molecule has 0 aliphatic carbocycles. The van der Waals surface area contributed by atoms with E-state index in [0.29, 0.717) is 6.54 Å². The van der Waals surface area contributed by atoms with Crippen molar-refractivity contribution in [1.82, 2.24) is 5.32 Å². The lowest BCUT2D eigenvalue weighted by Gasteiger charge is -2.05. The van der Waals surface area contributed by atoms with E-state index in [-0.39, 0.29) is 17.7 Å². The zero-order chi connectivity index (χ0) is 7.28. The molecular weight excluding hydrogens is 136 g/mol. The molecule has 0 aliphatic rings. The SMILES string of the molecule is CCNC(=O)C(S)CN. The van der Waals surface area contributed by atoms with E-state index in [4.69, 9.17) is 5.73 Å². The summed E-state index contributed by atoms with van der Waals surface area (Å²) in [5.74, 6) is -0.0941. The Morgan fingerprint density at radius 2 is 2.44 bits per heavy atom. The van der Waals surface area contributed by atoms with Crippen LogP contribution in [0.1, 0.15) is 6.92 Å². The van der Waals surface area contributed by atoms with Gasteiger partial charge in [0.2, 0.25) is 5.91 Å². The minimum absolute atomic E-state index is 0.0941. The number of carbonyl (C=O) groups excluding carboxylic acids is 1. The van der Waals surface area contributed by atoms with Crippen LogP contribution in [-0.4, -0.2) is 24.2 Å². The van der Waals surface area contributed by atoms with Crippen LogP contribution in [0.2, 0.25) is 0 Å². The molecule has 0 bridgehead atoms. The average Bonchev–Trinajstić information content (AvgIpc) is 1.87. The Morgan fingerprint density at radius 3 is 2.78 bits per heavy atom. The van der Waals surface area contributed by atoms with Gasteiger partial charge in [0.05, 0.1) is 5.25 Å². The predicted molar refractivity (Wildman–Crippen MR) is 40.5 cm³/mol. The van der Waals surface area contributed by atoms with Crippen LogP contribution in [0.15, 0.2) is 0 Å². The van der Waals surface area contributed by atoms with Crippen LogP contribution < -0.4 is 11.1 Å². The van der Waals surface area contributed by atoms with Crippen LogP contribution in [0.4, 0.5) is 0 Å². The molecule has 3 N–H and O–H groups in total. The van der Waals surface area contributed by atoms with Gasteiger partial charge in [-0.05, 0) is 6.92 Å². The molecule has 0 aromatic rings. The minimum atomic E-state index is -0.357. The van der Waals surface area contributed by atoms with Crippen molar-refractivity contribution < 1.29 is 4.79 Å². The molecule has 1 amide bonds. The molecule has 4 heteroatoms. The highest BCUT2D eigenvalue weighted by molar-refractivity contribution is 7.81. The van der Waals surface area contributed by atoms with Gasteiger partial charge in [-0.2, -0.15) is 12.6 Å². The monoisotopic (exact) mass is 148 g/mol. The highest BCUT2D eigenvalue weighted by Gasteiger charge is 2.08. The Hall–Kier alpha value is -0.220. The summed E-state index contributed by atoms with van der Waals surface area (Å²) in [6.45, 7) is 2.78. The number of hydrogen-bond donors (Lipinski definition) is 3. The second-order valence-corrected chi connectivity index (χ2v) is 2.27. The van der Waals surface area contributed by atoms with Crippen molar-refractivity contribution in [2.45, 2.75) is 12.2 Å². The lowest BCUT2D eigenvalue weighted by molar-refractivity contribution is -0.120. The van der Waals surface area contributed by atoms with E-state index >= 15 is 0 Å². The Kier molecular flexibility index (Phi) is 4.53. The van der Waals surface area contributed by atoms with E-state index in [1.807, 2.05) is 6.92 Å². The molecule has 0 saturated heterocycles. The molecule has 0 saturated carbocycles. The van der Waals surface area contributed by atoms with Crippen molar-refractivity contribution in [1.29, 1.82) is 0 Å². The molecule has 1 unspecified atom stereocenters. The molecular formula is C5H12N2OS. The summed E-state index contributed by atoms with van der Waals surface area (Å²) in [5, 5.41) is 2.24. The third-order valence-corrected chi connectivity index (χ3v) is 1.32. The minimum Gasteiger partial charge on any atom is -0.355 e. The molecule has 0 fully saturated rings. The number of nitrogens with one attached hydrogen (secondary N) is 1. The first kappa shape index (κ1) is 8.78. The lowest BCUT2D eigenvalue weighted by Crippen LogP contribution is -2.35. The molecule has 3 nitrogen and oxygen atoms in total. The van der Waals surface area contributed by atoms with Crippen molar-refractivity contribution in [3.05, 3.63) is 0 Å². The third kappa shape index (κ3) is 3.37. The summed E-state index contributed by atoms with van der Waals surface area (Å²) < 4.78 is 0. The lowest BCUT2D eigenvalue weighted by atomic mass is 10.4. The maximum Gasteiger partial charge on any atom is 0.234 e. The van der Waals surface area contributed by atoms with Gasteiger partial charge in [-0.1, -0.05) is 0 Å². The second kappa shape index (κ2) is 4.64. The van der Waals surface area contributed by atoms with E-state index in [9.17, 15) is 4.79 Å². The van der Waals surface area contributed by atoms with Crippen molar-refractivity contribution in [2.75, 3.05) is 13.1 Å². The van der Waals surface area contributed by atoms with Gasteiger partial charge in [0, 0.05) is 13.1 Å². The van der Waals surface area contributed by atoms with Crippen LogP contribution in [0.5, 0.6) is 0 Å². The number of hydrogen-bond acceptors (Lipinski definition) is 3. The number of thiol groups is 1. The van der Waals surface area contributed by atoms with Crippen LogP contribution in [0.3, 0.4) is 0 Å². The molecule has 0 rings (SSSR count). The molecule has 0 aromatic heterocycles. The van der Waals surface area contributed by atoms with Gasteiger partial charge in [-0.25, -0.2) is 0 Å². The van der Waals surface area contributed by atoms with Crippen LogP contribution in [0.25, 0.3) is 0 Å². The standard InChI is InChI=1S/C5H12N2OS/c1-2-7-5(8)4(9)3-6/h4,9H,2-3,6H2,1H3,(H,7,8). The molecule has 0 aromatic carbocycles. The van der Waals surface area contributed by atoms with Crippen LogP contribution >= 0.6 is 12.6 Å². The second-order valence-electron chi connectivity index (χ2n) is 1.65. The van der Waals surface area contributed by atoms with Gasteiger partial charge in [0.1, 0.15) is 0 Å². The Morgan fingerprint density at radius 1 is 1.89 bits per heavy atom. The topological polar surface area (TPSA) is 55.1 Å². The van der Waals surface area contributed by atoms with Gasteiger partial charge >= 0.3 is 0 Å². The van der Waals surface area contributed by atoms with Gasteiger partial charge < -0.3 is 11.1 Å². The first-order valence-electron chi connectivity index (χ1n) is 2.88. The van der Waals surface area contributed by atoms with E-state index < -0.39 is 0 Å². The Labute approximate surface area is 60.4 Å². The fourth-order valence-corrected chi connectivity index (χ4v) is 0.490. The van der Waals surface area contributed by atoms with Gasteiger partial charge in [-0.15, -0.1) is 0 Å². The Balaban J connectivity index is 3.46. The van der Waals surface area contributed by atoms with Crippen molar-refractivity contribution in [3.63, 3.8) is 0 Å². The maximum absolute atomic E-state index is 10.7. The summed E-state index contributed by atoms with van der Waals surface area (Å²) in [4.78, 5) is 10.7. The molecule has 1 atom stereocenters. The zero-order valence-electron chi connectivity index (χ0n) is 5.42. The average molecular weight is 148 g/mol. The van der Waals surface area contributed by atoms with Crippen molar-refractivity contribution in [3.8, 4) is 0 Å². The van der Waals surface area contributed by atoms with E-state index in [1.165, 1.54) is 0 Å². The first-order chi connectivity index (χ1) is 4.22. The summed E-state index contributed by atoms with van der Waals surface area (Å²) in [6, 6.07) is 0. The maximum atomic E-state index is 10.7. The summed E-state index contributed by atoms with van der Waals surface area (Å²) in [5.41, 5.74) is 5.17. The van der Waals surface area contributed by atoms with Gasteiger partial charge in [0.15, 0.2) is 0 Å². The summed E-state index contributed by atoms with van der Waals surface area (Å²) in [6.07, 6.45) is 0. The van der Waals surface area contributed by atoms with E-state index in [0.717, 1.165) is 0 Å². The quantitative estimate of drug-likeness (QED) is 0.467. The summed E-state index contributed by atoms with van der Waals surface area (Å²) >= 11 is 3.92. The fourth-order valence-electron chi connectivity index (χ4n) is 0.399. The molecule has 0 radical (unpaired) electrons. The number of amides is 1. The number of rotatable bonds is 3. The molecule has 0 heterocycles. The van der Waals surface area contributed by atoms with E-state index in [2.05, 4.69) is 17.9 Å². The normalized spacial score (nSPS) is 12.8. The highest BCUT2D eigenvalue weighted by Crippen LogP contribution is 1.89. The fraction of sp³-hybridized carbons (Fsp3) is 0.800. The Bertz CT molecular complexity index is 97.0. The van der Waals surface area contributed by atoms with E-state index in [1.54, 1.807) is 0 Å². The van der Waals surface area contributed by atoms with Crippen molar-refractivity contribution >= 4 is 18.5 Å². The smallest absolute Gasteiger partial charge is 0.234 e. The predicted octanol–water partition coefficient (Wildman–Crippen LogP) is -0.620. The number of nitrogens with two attached hydrogens (primary N) is 1. The summed E-state index contributed by atoms with van der Waals surface area (Å²) in [7, 11) is 0. The van der Waals surface area contributed by atoms with Crippen LogP contribution in [0, 0.1) is 0 Å². The third-order valence-electron chi connectivity index (χ3n) is 0.877. The highest BCUT2D eigenvalue weighted by atomic mass is 32.1.